The van der Waals surface area contributed by atoms with Gasteiger partial charge in [-0.25, -0.2) is 0 Å². The summed E-state index contributed by atoms with van der Waals surface area (Å²) in [6, 6.07) is 0. The van der Waals surface area contributed by atoms with Crippen molar-refractivity contribution in [3.63, 3.8) is 0 Å². The van der Waals surface area contributed by atoms with Crippen LogP contribution in [0.25, 0.3) is 0 Å². The SMILES string of the molecule is C=C(C)/C(C)=C\NN. The standard InChI is InChI=1S/C6H12N2/c1-5(2)6(3)4-8-7/h4,8H,1,7H2,2-3H3/b6-4-. The van der Waals surface area contributed by atoms with Crippen molar-refractivity contribution in [3.05, 3.63) is 23.9 Å². The van der Waals surface area contributed by atoms with E-state index in [2.05, 4.69) is 12.0 Å². The Morgan fingerprint density at radius 1 is 1.62 bits per heavy atom. The summed E-state index contributed by atoms with van der Waals surface area (Å²) in [5.41, 5.74) is 4.53. The molecular formula is C6H12N2. The molecule has 0 saturated heterocycles. The largest absolute Gasteiger partial charge is 0.331 e. The van der Waals surface area contributed by atoms with Crippen molar-refractivity contribution in [1.82, 2.24) is 5.43 Å². The highest BCUT2D eigenvalue weighted by Crippen LogP contribution is 2.01. The van der Waals surface area contributed by atoms with E-state index in [1.54, 1.807) is 6.20 Å². The molecule has 0 heterocycles. The van der Waals surface area contributed by atoms with Crippen LogP contribution in [0.1, 0.15) is 13.8 Å². The molecule has 0 aromatic rings. The summed E-state index contributed by atoms with van der Waals surface area (Å²) in [6.45, 7) is 7.59. The van der Waals surface area contributed by atoms with Crippen LogP contribution >= 0.6 is 0 Å². The number of hydrazine groups is 1. The Balaban J connectivity index is 3.80. The zero-order valence-electron chi connectivity index (χ0n) is 5.36. The Hall–Kier alpha value is -0.760. The predicted octanol–water partition coefficient (Wildman–Crippen LogP) is 0.930. The van der Waals surface area contributed by atoms with Gasteiger partial charge in [-0.15, -0.1) is 0 Å². The molecule has 3 N–H and O–H groups in total. The summed E-state index contributed by atoms with van der Waals surface area (Å²) in [7, 11) is 0. The molecule has 0 spiro atoms. The molecule has 2 nitrogen and oxygen atoms in total. The molecule has 0 bridgehead atoms. The van der Waals surface area contributed by atoms with Gasteiger partial charge in [0.15, 0.2) is 0 Å². The van der Waals surface area contributed by atoms with Crippen LogP contribution in [0.2, 0.25) is 0 Å². The van der Waals surface area contributed by atoms with E-state index in [4.69, 9.17) is 5.84 Å². The summed E-state index contributed by atoms with van der Waals surface area (Å²) in [5, 5.41) is 0. The lowest BCUT2D eigenvalue weighted by Gasteiger charge is -1.95. The van der Waals surface area contributed by atoms with Crippen LogP contribution in [0.15, 0.2) is 23.9 Å². The van der Waals surface area contributed by atoms with E-state index in [1.807, 2.05) is 13.8 Å². The van der Waals surface area contributed by atoms with Gasteiger partial charge < -0.3 is 5.43 Å². The minimum absolute atomic E-state index is 1.03. The molecule has 0 saturated carbocycles. The lowest BCUT2D eigenvalue weighted by Crippen LogP contribution is -2.13. The number of rotatable bonds is 2. The van der Waals surface area contributed by atoms with E-state index >= 15 is 0 Å². The average Bonchev–Trinajstić information content (AvgIpc) is 1.67. The third-order valence-corrected chi connectivity index (χ3v) is 0.973. The molecule has 0 aliphatic rings. The van der Waals surface area contributed by atoms with Crippen molar-refractivity contribution in [2.75, 3.05) is 0 Å². The molecule has 0 amide bonds. The fraction of sp³-hybridized carbons (Fsp3) is 0.333. The van der Waals surface area contributed by atoms with Crippen LogP contribution in [0.3, 0.4) is 0 Å². The number of hydrogen-bond donors (Lipinski definition) is 2. The van der Waals surface area contributed by atoms with Crippen molar-refractivity contribution in [2.45, 2.75) is 13.8 Å². The van der Waals surface area contributed by atoms with E-state index < -0.39 is 0 Å². The quantitative estimate of drug-likeness (QED) is 0.317. The van der Waals surface area contributed by atoms with Crippen LogP contribution in [0.5, 0.6) is 0 Å². The first-order valence-electron chi connectivity index (χ1n) is 2.47. The highest BCUT2D eigenvalue weighted by atomic mass is 15.2. The van der Waals surface area contributed by atoms with Gasteiger partial charge >= 0.3 is 0 Å². The van der Waals surface area contributed by atoms with Gasteiger partial charge in [0, 0.05) is 6.20 Å². The lowest BCUT2D eigenvalue weighted by molar-refractivity contribution is 0.953. The second-order valence-corrected chi connectivity index (χ2v) is 1.77. The average molecular weight is 112 g/mol. The van der Waals surface area contributed by atoms with Crippen molar-refractivity contribution in [2.24, 2.45) is 5.84 Å². The zero-order valence-corrected chi connectivity index (χ0v) is 5.36. The van der Waals surface area contributed by atoms with Gasteiger partial charge in [0.25, 0.3) is 0 Å². The van der Waals surface area contributed by atoms with Gasteiger partial charge in [-0.1, -0.05) is 12.2 Å². The molecule has 0 unspecified atom stereocenters. The van der Waals surface area contributed by atoms with Gasteiger partial charge in [-0.2, -0.15) is 0 Å². The summed E-state index contributed by atoms with van der Waals surface area (Å²) < 4.78 is 0. The molecule has 0 aromatic heterocycles. The molecular weight excluding hydrogens is 100 g/mol. The van der Waals surface area contributed by atoms with E-state index in [0.29, 0.717) is 0 Å². The molecule has 46 valence electrons. The van der Waals surface area contributed by atoms with Crippen molar-refractivity contribution >= 4 is 0 Å². The molecule has 0 atom stereocenters. The Bertz CT molecular complexity index is 114. The molecule has 0 aromatic carbocycles. The van der Waals surface area contributed by atoms with E-state index in [0.717, 1.165) is 11.1 Å². The summed E-state index contributed by atoms with van der Waals surface area (Å²) in [4.78, 5) is 0. The Morgan fingerprint density at radius 2 is 2.12 bits per heavy atom. The van der Waals surface area contributed by atoms with Gasteiger partial charge in [0.2, 0.25) is 0 Å². The third-order valence-electron chi connectivity index (χ3n) is 0.973. The number of hydrogen-bond acceptors (Lipinski definition) is 2. The maximum Gasteiger partial charge on any atom is 0.0154 e. The minimum atomic E-state index is 1.03. The molecule has 0 aliphatic carbocycles. The smallest absolute Gasteiger partial charge is 0.0154 e. The Kier molecular flexibility index (Phi) is 2.96. The third kappa shape index (κ3) is 2.42. The molecule has 0 radical (unpaired) electrons. The first kappa shape index (κ1) is 7.24. The second-order valence-electron chi connectivity index (χ2n) is 1.77. The zero-order chi connectivity index (χ0) is 6.57. The predicted molar refractivity (Wildman–Crippen MR) is 35.9 cm³/mol. The summed E-state index contributed by atoms with van der Waals surface area (Å²) in [6.07, 6.45) is 1.71. The minimum Gasteiger partial charge on any atom is -0.331 e. The fourth-order valence-corrected chi connectivity index (χ4v) is 0.248. The first-order valence-corrected chi connectivity index (χ1v) is 2.47. The monoisotopic (exact) mass is 112 g/mol. The number of nitrogens with two attached hydrogens (primary N) is 1. The second kappa shape index (κ2) is 3.27. The van der Waals surface area contributed by atoms with Crippen LogP contribution in [0, 0.1) is 0 Å². The highest BCUT2D eigenvalue weighted by Gasteiger charge is 1.83. The lowest BCUT2D eigenvalue weighted by atomic mass is 10.2. The maximum absolute atomic E-state index is 5.00. The Morgan fingerprint density at radius 3 is 2.25 bits per heavy atom. The van der Waals surface area contributed by atoms with E-state index in [-0.39, 0.29) is 0 Å². The van der Waals surface area contributed by atoms with Gasteiger partial charge in [-0.05, 0) is 19.4 Å². The highest BCUT2D eigenvalue weighted by molar-refractivity contribution is 5.22. The van der Waals surface area contributed by atoms with Crippen LogP contribution in [-0.2, 0) is 0 Å². The first-order chi connectivity index (χ1) is 3.68. The van der Waals surface area contributed by atoms with Crippen molar-refractivity contribution in [1.29, 1.82) is 0 Å². The van der Waals surface area contributed by atoms with E-state index in [1.165, 1.54) is 0 Å². The topological polar surface area (TPSA) is 38.0 Å². The summed E-state index contributed by atoms with van der Waals surface area (Å²) >= 11 is 0. The Labute approximate surface area is 50.0 Å². The van der Waals surface area contributed by atoms with E-state index in [9.17, 15) is 0 Å². The fourth-order valence-electron chi connectivity index (χ4n) is 0.248. The maximum atomic E-state index is 5.00. The molecule has 0 fully saturated rings. The van der Waals surface area contributed by atoms with Gasteiger partial charge in [0.05, 0.1) is 0 Å². The normalized spacial score (nSPS) is 11.1. The summed E-state index contributed by atoms with van der Waals surface area (Å²) in [5.74, 6) is 5.00. The van der Waals surface area contributed by atoms with Crippen molar-refractivity contribution in [3.8, 4) is 0 Å². The molecule has 0 aliphatic heterocycles. The van der Waals surface area contributed by atoms with Crippen LogP contribution in [-0.4, -0.2) is 0 Å². The molecule has 8 heavy (non-hydrogen) atoms. The molecule has 2 heteroatoms. The van der Waals surface area contributed by atoms with Crippen LogP contribution in [0.4, 0.5) is 0 Å². The van der Waals surface area contributed by atoms with Gasteiger partial charge in [-0.3, -0.25) is 5.84 Å². The molecule has 0 rings (SSSR count). The van der Waals surface area contributed by atoms with Gasteiger partial charge in [0.1, 0.15) is 0 Å². The number of allylic oxidation sites excluding steroid dienone is 2. The van der Waals surface area contributed by atoms with Crippen molar-refractivity contribution < 1.29 is 0 Å². The van der Waals surface area contributed by atoms with Crippen LogP contribution < -0.4 is 11.3 Å². The number of nitrogens with one attached hydrogen (secondary N) is 1.